The molecule has 20 heavy (non-hydrogen) atoms. The van der Waals surface area contributed by atoms with E-state index in [-0.39, 0.29) is 24.9 Å². The van der Waals surface area contributed by atoms with Crippen molar-refractivity contribution in [3.8, 4) is 0 Å². The van der Waals surface area contributed by atoms with Crippen LogP contribution in [0.5, 0.6) is 0 Å². The molecule has 0 spiro atoms. The number of nitrogens with zero attached hydrogens (tertiary/aromatic N) is 2. The van der Waals surface area contributed by atoms with Crippen molar-refractivity contribution >= 4 is 33.6 Å². The maximum atomic E-state index is 11.8. The van der Waals surface area contributed by atoms with Crippen molar-refractivity contribution in [2.45, 2.75) is 18.9 Å². The Kier molecular flexibility index (Phi) is 5.08. The first-order chi connectivity index (χ1) is 9.52. The van der Waals surface area contributed by atoms with Gasteiger partial charge in [-0.3, -0.25) is 14.5 Å². The lowest BCUT2D eigenvalue weighted by atomic mass is 10.4. The number of hydrogen-bond acceptors (Lipinski definition) is 4. The topological polar surface area (TPSA) is 74.3 Å². The number of anilines is 1. The van der Waals surface area contributed by atoms with Crippen molar-refractivity contribution < 1.29 is 9.59 Å². The molecule has 2 N–H and O–H groups in total. The van der Waals surface area contributed by atoms with Gasteiger partial charge in [-0.05, 0) is 48.0 Å². The number of nitrogens with one attached hydrogen (secondary N) is 2. The third-order valence-electron chi connectivity index (χ3n) is 2.76. The molecule has 1 saturated carbocycles. The number of halogens is 1. The summed E-state index contributed by atoms with van der Waals surface area (Å²) in [4.78, 5) is 29.1. The van der Waals surface area contributed by atoms with Gasteiger partial charge in [0.15, 0.2) is 0 Å². The smallest absolute Gasteiger partial charge is 0.239 e. The quantitative estimate of drug-likeness (QED) is 0.809. The van der Waals surface area contributed by atoms with Crippen LogP contribution in [-0.4, -0.2) is 47.9 Å². The Balaban J connectivity index is 1.72. The highest BCUT2D eigenvalue weighted by molar-refractivity contribution is 9.10. The minimum atomic E-state index is -0.193. The van der Waals surface area contributed by atoms with E-state index in [1.807, 2.05) is 0 Å². The van der Waals surface area contributed by atoms with Crippen molar-refractivity contribution in [1.82, 2.24) is 15.2 Å². The van der Waals surface area contributed by atoms with E-state index in [1.54, 1.807) is 30.3 Å². The van der Waals surface area contributed by atoms with Gasteiger partial charge in [0.2, 0.25) is 11.8 Å². The molecule has 1 aromatic heterocycles. The highest BCUT2D eigenvalue weighted by atomic mass is 79.9. The summed E-state index contributed by atoms with van der Waals surface area (Å²) in [5, 5.41) is 5.57. The molecule has 6 nitrogen and oxygen atoms in total. The molecule has 0 aromatic carbocycles. The standard InChI is InChI=1S/C13H17BrN4O2/c1-18(7-12(19)16-10-3-4-10)8-13(20)17-11-5-2-9(14)6-15-11/h2,5-6,10H,3-4,7-8H2,1H3,(H,16,19)(H,15,17,20). The van der Waals surface area contributed by atoms with Gasteiger partial charge in [-0.15, -0.1) is 0 Å². The van der Waals surface area contributed by atoms with Crippen LogP contribution in [0.1, 0.15) is 12.8 Å². The summed E-state index contributed by atoms with van der Waals surface area (Å²) in [6.07, 6.45) is 3.73. The highest BCUT2D eigenvalue weighted by Gasteiger charge is 2.23. The fourth-order valence-electron chi connectivity index (χ4n) is 1.68. The van der Waals surface area contributed by atoms with Gasteiger partial charge in [-0.2, -0.15) is 0 Å². The molecule has 0 aliphatic heterocycles. The van der Waals surface area contributed by atoms with Gasteiger partial charge in [0, 0.05) is 16.7 Å². The molecule has 1 aliphatic carbocycles. The number of aromatic nitrogens is 1. The largest absolute Gasteiger partial charge is 0.352 e. The second-order valence-corrected chi connectivity index (χ2v) is 5.84. The van der Waals surface area contributed by atoms with Gasteiger partial charge in [0.1, 0.15) is 5.82 Å². The molecule has 108 valence electrons. The summed E-state index contributed by atoms with van der Waals surface area (Å²) >= 11 is 3.28. The van der Waals surface area contributed by atoms with E-state index in [0.717, 1.165) is 17.3 Å². The second-order valence-electron chi connectivity index (χ2n) is 4.92. The molecule has 1 aliphatic rings. The molecule has 7 heteroatoms. The number of carbonyl (C=O) groups excluding carboxylic acids is 2. The van der Waals surface area contributed by atoms with Crippen molar-refractivity contribution in [2.75, 3.05) is 25.5 Å². The van der Waals surface area contributed by atoms with Crippen molar-refractivity contribution in [3.63, 3.8) is 0 Å². The number of rotatable bonds is 6. The average Bonchev–Trinajstić information content (AvgIpc) is 3.15. The minimum Gasteiger partial charge on any atom is -0.352 e. The third kappa shape index (κ3) is 5.26. The Hall–Kier alpha value is -1.47. The predicted molar refractivity (Wildman–Crippen MR) is 79.2 cm³/mol. The van der Waals surface area contributed by atoms with E-state index in [0.29, 0.717) is 11.9 Å². The van der Waals surface area contributed by atoms with Crippen LogP contribution in [0.2, 0.25) is 0 Å². The van der Waals surface area contributed by atoms with E-state index in [9.17, 15) is 9.59 Å². The molecule has 2 amide bonds. The van der Waals surface area contributed by atoms with Crippen LogP contribution in [0, 0.1) is 0 Å². The summed E-state index contributed by atoms with van der Waals surface area (Å²) in [7, 11) is 1.74. The molecule has 0 atom stereocenters. The number of pyridine rings is 1. The predicted octanol–water partition coefficient (Wildman–Crippen LogP) is 0.993. The molecule has 0 unspecified atom stereocenters. The van der Waals surface area contributed by atoms with Crippen molar-refractivity contribution in [2.24, 2.45) is 0 Å². The molecule has 0 bridgehead atoms. The van der Waals surface area contributed by atoms with E-state index in [4.69, 9.17) is 0 Å². The molecule has 1 heterocycles. The van der Waals surface area contributed by atoms with Crippen LogP contribution in [0.3, 0.4) is 0 Å². The van der Waals surface area contributed by atoms with Crippen LogP contribution in [0.25, 0.3) is 0 Å². The van der Waals surface area contributed by atoms with E-state index in [1.165, 1.54) is 0 Å². The van der Waals surface area contributed by atoms with E-state index in [2.05, 4.69) is 31.5 Å². The summed E-state index contributed by atoms with van der Waals surface area (Å²) < 4.78 is 0.851. The number of hydrogen-bond donors (Lipinski definition) is 2. The Morgan fingerprint density at radius 3 is 2.65 bits per heavy atom. The molecule has 1 fully saturated rings. The Labute approximate surface area is 126 Å². The first kappa shape index (κ1) is 14.9. The Morgan fingerprint density at radius 2 is 2.05 bits per heavy atom. The zero-order chi connectivity index (χ0) is 14.5. The fourth-order valence-corrected chi connectivity index (χ4v) is 1.91. The average molecular weight is 341 g/mol. The molecular formula is C13H17BrN4O2. The third-order valence-corrected chi connectivity index (χ3v) is 3.23. The Bertz CT molecular complexity index is 488. The lowest BCUT2D eigenvalue weighted by Gasteiger charge is -2.15. The lowest BCUT2D eigenvalue weighted by molar-refractivity contribution is -0.123. The van der Waals surface area contributed by atoms with Crippen LogP contribution in [0.4, 0.5) is 5.82 Å². The van der Waals surface area contributed by atoms with Crippen molar-refractivity contribution in [1.29, 1.82) is 0 Å². The SMILES string of the molecule is CN(CC(=O)Nc1ccc(Br)cn1)CC(=O)NC1CC1. The minimum absolute atomic E-state index is 0.0374. The van der Waals surface area contributed by atoms with Crippen LogP contribution < -0.4 is 10.6 Å². The van der Waals surface area contributed by atoms with Gasteiger partial charge < -0.3 is 10.6 Å². The second kappa shape index (κ2) is 6.81. The molecule has 0 saturated heterocycles. The zero-order valence-electron chi connectivity index (χ0n) is 11.2. The van der Waals surface area contributed by atoms with E-state index < -0.39 is 0 Å². The maximum Gasteiger partial charge on any atom is 0.239 e. The summed E-state index contributed by atoms with van der Waals surface area (Å²) in [6, 6.07) is 3.86. The van der Waals surface area contributed by atoms with E-state index >= 15 is 0 Å². The molecular weight excluding hydrogens is 324 g/mol. The summed E-state index contributed by atoms with van der Waals surface area (Å²) in [5.41, 5.74) is 0. The fraction of sp³-hybridized carbons (Fsp3) is 0.462. The van der Waals surface area contributed by atoms with Gasteiger partial charge in [-0.1, -0.05) is 0 Å². The normalized spacial score (nSPS) is 14.2. The van der Waals surface area contributed by atoms with Gasteiger partial charge in [0.25, 0.3) is 0 Å². The van der Waals surface area contributed by atoms with Crippen LogP contribution >= 0.6 is 15.9 Å². The number of carbonyl (C=O) groups is 2. The molecule has 1 aromatic rings. The number of likely N-dealkylation sites (N-methyl/N-ethyl adjacent to an activating group) is 1. The zero-order valence-corrected chi connectivity index (χ0v) is 12.8. The lowest BCUT2D eigenvalue weighted by Crippen LogP contribution is -2.39. The highest BCUT2D eigenvalue weighted by Crippen LogP contribution is 2.18. The monoisotopic (exact) mass is 340 g/mol. The number of amides is 2. The Morgan fingerprint density at radius 1 is 1.35 bits per heavy atom. The summed E-state index contributed by atoms with van der Waals surface area (Å²) in [6.45, 7) is 0.369. The van der Waals surface area contributed by atoms with Crippen LogP contribution in [-0.2, 0) is 9.59 Å². The van der Waals surface area contributed by atoms with Crippen molar-refractivity contribution in [3.05, 3.63) is 22.8 Å². The first-order valence-electron chi connectivity index (χ1n) is 6.42. The first-order valence-corrected chi connectivity index (χ1v) is 7.21. The molecule has 2 rings (SSSR count). The maximum absolute atomic E-state index is 11.8. The summed E-state index contributed by atoms with van der Waals surface area (Å²) in [5.74, 6) is 0.264. The van der Waals surface area contributed by atoms with Gasteiger partial charge >= 0.3 is 0 Å². The van der Waals surface area contributed by atoms with Gasteiger partial charge in [0.05, 0.1) is 13.1 Å². The molecule has 0 radical (unpaired) electrons. The van der Waals surface area contributed by atoms with Gasteiger partial charge in [-0.25, -0.2) is 4.98 Å². The van der Waals surface area contributed by atoms with Crippen LogP contribution in [0.15, 0.2) is 22.8 Å².